The number of aromatic amines is 1. The van der Waals surface area contributed by atoms with Crippen molar-refractivity contribution in [2.75, 3.05) is 12.4 Å². The molecule has 0 aliphatic carbocycles. The van der Waals surface area contributed by atoms with Crippen molar-refractivity contribution >= 4 is 31.8 Å². The molecule has 30 heavy (non-hydrogen) atoms. The van der Waals surface area contributed by atoms with Crippen molar-refractivity contribution in [1.29, 1.82) is 0 Å². The van der Waals surface area contributed by atoms with E-state index in [1.807, 2.05) is 31.3 Å². The Hall–Kier alpha value is -2.86. The van der Waals surface area contributed by atoms with Gasteiger partial charge in [0.15, 0.2) is 9.84 Å². The van der Waals surface area contributed by atoms with E-state index >= 15 is 0 Å². The number of sulfone groups is 1. The third kappa shape index (κ3) is 3.67. The minimum Gasteiger partial charge on any atom is -0.491 e. The van der Waals surface area contributed by atoms with E-state index in [0.29, 0.717) is 17.4 Å². The van der Waals surface area contributed by atoms with Gasteiger partial charge in [-0.1, -0.05) is 32.9 Å². The number of rotatable bonds is 6. The summed E-state index contributed by atoms with van der Waals surface area (Å²) in [7, 11) is -3.29. The predicted molar refractivity (Wildman–Crippen MR) is 122 cm³/mol. The summed E-state index contributed by atoms with van der Waals surface area (Å²) in [6, 6.07) is 13.2. The topological polar surface area (TPSA) is 72.1 Å². The third-order valence-electron chi connectivity index (χ3n) is 5.16. The molecular weight excluding hydrogens is 396 g/mol. The first kappa shape index (κ1) is 20.4. The maximum absolute atomic E-state index is 12.4. The molecule has 2 aromatic carbocycles. The van der Waals surface area contributed by atoms with Gasteiger partial charge in [-0.15, -0.1) is 0 Å². The van der Waals surface area contributed by atoms with Gasteiger partial charge < -0.3 is 9.72 Å². The first-order valence-corrected chi connectivity index (χ1v) is 11.8. The molecule has 0 unspecified atom stereocenters. The molecule has 2 heterocycles. The Kier molecular flexibility index (Phi) is 5.28. The molecule has 156 valence electrons. The largest absolute Gasteiger partial charge is 0.491 e. The van der Waals surface area contributed by atoms with Crippen LogP contribution in [-0.4, -0.2) is 30.7 Å². The number of hydrogen-bond donors (Lipinski definition) is 1. The van der Waals surface area contributed by atoms with Crippen LogP contribution in [-0.2, 0) is 9.84 Å². The lowest BCUT2D eigenvalue weighted by Gasteiger charge is -2.13. The van der Waals surface area contributed by atoms with Gasteiger partial charge in [-0.3, -0.25) is 0 Å². The van der Waals surface area contributed by atoms with Crippen molar-refractivity contribution in [2.45, 2.75) is 32.6 Å². The van der Waals surface area contributed by atoms with Gasteiger partial charge in [-0.25, -0.2) is 13.4 Å². The zero-order valence-corrected chi connectivity index (χ0v) is 18.5. The summed E-state index contributed by atoms with van der Waals surface area (Å²) >= 11 is 0. The average molecular weight is 423 g/mol. The highest BCUT2D eigenvalue weighted by molar-refractivity contribution is 7.91. The maximum atomic E-state index is 12.4. The molecule has 0 saturated heterocycles. The number of aryl methyl sites for hydroxylation is 1. The first-order chi connectivity index (χ1) is 14.3. The van der Waals surface area contributed by atoms with E-state index in [1.54, 1.807) is 25.1 Å². The smallest absolute Gasteiger partial charge is 0.178 e. The number of ether oxygens (including phenoxy) is 1. The van der Waals surface area contributed by atoms with E-state index in [4.69, 9.17) is 4.74 Å². The summed E-state index contributed by atoms with van der Waals surface area (Å²) in [4.78, 5) is 8.30. The molecular formula is C24H26N2O3S. The molecule has 4 aromatic rings. The molecule has 0 spiro atoms. The fourth-order valence-corrected chi connectivity index (χ4v) is 4.53. The Morgan fingerprint density at radius 1 is 1.13 bits per heavy atom. The molecule has 0 saturated carbocycles. The summed E-state index contributed by atoms with van der Waals surface area (Å²) in [6.45, 7) is 8.51. The van der Waals surface area contributed by atoms with Gasteiger partial charge >= 0.3 is 0 Å². The van der Waals surface area contributed by atoms with Crippen molar-refractivity contribution in [3.05, 3.63) is 54.2 Å². The molecule has 1 N–H and O–H groups in total. The summed E-state index contributed by atoms with van der Waals surface area (Å²) in [5, 5.41) is 1.99. The molecule has 5 nitrogen and oxygen atoms in total. The highest BCUT2D eigenvalue weighted by Crippen LogP contribution is 2.39. The number of hydrogen-bond acceptors (Lipinski definition) is 4. The van der Waals surface area contributed by atoms with E-state index < -0.39 is 9.84 Å². The van der Waals surface area contributed by atoms with Crippen LogP contribution in [0.5, 0.6) is 5.75 Å². The lowest BCUT2D eigenvalue weighted by Crippen LogP contribution is -2.05. The van der Waals surface area contributed by atoms with E-state index in [1.165, 1.54) is 0 Å². The summed E-state index contributed by atoms with van der Waals surface area (Å²) in [5.41, 5.74) is 4.53. The van der Waals surface area contributed by atoms with Gasteiger partial charge in [0.05, 0.1) is 22.8 Å². The second-order valence-electron chi connectivity index (χ2n) is 8.03. The van der Waals surface area contributed by atoms with Crippen LogP contribution in [0, 0.1) is 12.8 Å². The second kappa shape index (κ2) is 7.76. The van der Waals surface area contributed by atoms with E-state index in [-0.39, 0.29) is 5.75 Å². The molecule has 0 amide bonds. The summed E-state index contributed by atoms with van der Waals surface area (Å²) in [6.07, 6.45) is 1.83. The van der Waals surface area contributed by atoms with E-state index in [0.717, 1.165) is 44.4 Å². The van der Waals surface area contributed by atoms with Crippen molar-refractivity contribution in [1.82, 2.24) is 9.97 Å². The molecule has 0 aliphatic rings. The van der Waals surface area contributed by atoms with Gasteiger partial charge in [-0.05, 0) is 59.9 Å². The van der Waals surface area contributed by atoms with Gasteiger partial charge in [0, 0.05) is 17.0 Å². The molecule has 4 rings (SSSR count). The number of aromatic nitrogens is 2. The second-order valence-corrected chi connectivity index (χ2v) is 10.3. The van der Waals surface area contributed by atoms with Crippen molar-refractivity contribution in [3.63, 3.8) is 0 Å². The average Bonchev–Trinajstić information content (AvgIpc) is 3.11. The summed E-state index contributed by atoms with van der Waals surface area (Å²) in [5.74, 6) is 1.25. The highest BCUT2D eigenvalue weighted by Gasteiger charge is 2.18. The molecule has 0 radical (unpaired) electrons. The standard InChI is InChI=1S/C24H26N2O3S/c1-5-30(27,28)18-8-6-7-17(12-18)19-9-10-21(29-14-15(2)3)23-22(19)20-11-16(4)13-25-24(20)26-23/h6-13,15H,5,14H2,1-4H3,(H,25,26). The fraction of sp³-hybridized carbons (Fsp3) is 0.292. The molecule has 0 fully saturated rings. The van der Waals surface area contributed by atoms with Crippen LogP contribution >= 0.6 is 0 Å². The van der Waals surface area contributed by atoms with E-state index in [2.05, 4.69) is 29.9 Å². The predicted octanol–water partition coefficient (Wildman–Crippen LogP) is 5.52. The highest BCUT2D eigenvalue weighted by atomic mass is 32.2. The summed E-state index contributed by atoms with van der Waals surface area (Å²) < 4.78 is 30.9. The monoisotopic (exact) mass is 422 g/mol. The maximum Gasteiger partial charge on any atom is 0.178 e. The Balaban J connectivity index is 1.99. The first-order valence-electron chi connectivity index (χ1n) is 10.2. The Morgan fingerprint density at radius 3 is 2.67 bits per heavy atom. The Labute approximate surface area is 177 Å². The van der Waals surface area contributed by atoms with E-state index in [9.17, 15) is 8.42 Å². The van der Waals surface area contributed by atoms with Crippen LogP contribution in [0.4, 0.5) is 0 Å². The Morgan fingerprint density at radius 2 is 1.93 bits per heavy atom. The lowest BCUT2D eigenvalue weighted by molar-refractivity contribution is 0.273. The van der Waals surface area contributed by atoms with Gasteiger partial charge in [-0.2, -0.15) is 0 Å². The van der Waals surface area contributed by atoms with Crippen LogP contribution < -0.4 is 4.74 Å². The van der Waals surface area contributed by atoms with Gasteiger partial charge in [0.25, 0.3) is 0 Å². The number of benzene rings is 2. The zero-order chi connectivity index (χ0) is 21.5. The Bertz CT molecular complexity index is 1340. The molecule has 0 bridgehead atoms. The molecule has 0 aliphatic heterocycles. The lowest BCUT2D eigenvalue weighted by atomic mass is 9.99. The molecule has 0 atom stereocenters. The van der Waals surface area contributed by atoms with Crippen molar-refractivity contribution in [3.8, 4) is 16.9 Å². The number of H-pyrrole nitrogens is 1. The van der Waals surface area contributed by atoms with Crippen LogP contribution in [0.15, 0.2) is 53.6 Å². The number of fused-ring (bicyclic) bond motifs is 3. The number of nitrogens with zero attached hydrogens (tertiary/aromatic N) is 1. The SMILES string of the molecule is CCS(=O)(=O)c1cccc(-c2ccc(OCC(C)C)c3[nH]c4ncc(C)cc4c23)c1. The van der Waals surface area contributed by atoms with Crippen LogP contribution in [0.3, 0.4) is 0 Å². The van der Waals surface area contributed by atoms with Crippen LogP contribution in [0.2, 0.25) is 0 Å². The normalized spacial score (nSPS) is 12.2. The molecule has 2 aromatic heterocycles. The zero-order valence-electron chi connectivity index (χ0n) is 17.7. The van der Waals surface area contributed by atoms with Crippen molar-refractivity contribution < 1.29 is 13.2 Å². The van der Waals surface area contributed by atoms with Crippen molar-refractivity contribution in [2.24, 2.45) is 5.92 Å². The minimum atomic E-state index is -3.29. The van der Waals surface area contributed by atoms with Gasteiger partial charge in [0.2, 0.25) is 0 Å². The minimum absolute atomic E-state index is 0.0735. The number of pyridine rings is 1. The quantitative estimate of drug-likeness (QED) is 0.444. The number of nitrogens with one attached hydrogen (secondary N) is 1. The van der Waals surface area contributed by atoms with Crippen LogP contribution in [0.1, 0.15) is 26.3 Å². The van der Waals surface area contributed by atoms with Gasteiger partial charge in [0.1, 0.15) is 11.4 Å². The third-order valence-corrected chi connectivity index (χ3v) is 6.89. The fourth-order valence-electron chi connectivity index (χ4n) is 3.61. The molecule has 6 heteroatoms. The van der Waals surface area contributed by atoms with Crippen LogP contribution in [0.25, 0.3) is 33.1 Å².